The molecule has 1 unspecified atom stereocenters. The molecule has 0 aliphatic carbocycles. The number of rotatable bonds is 8. The van der Waals surface area contributed by atoms with Crippen molar-refractivity contribution < 1.29 is 9.53 Å². The lowest BCUT2D eigenvalue weighted by atomic mass is 10.2. The summed E-state index contributed by atoms with van der Waals surface area (Å²) in [7, 11) is 0. The number of hydrogen-bond acceptors (Lipinski definition) is 3. The minimum absolute atomic E-state index is 0. The maximum absolute atomic E-state index is 11.7. The van der Waals surface area contributed by atoms with Gasteiger partial charge in [-0.1, -0.05) is 39.0 Å². The van der Waals surface area contributed by atoms with Crippen molar-refractivity contribution in [3.05, 3.63) is 30.3 Å². The first kappa shape index (κ1) is 18.7. The summed E-state index contributed by atoms with van der Waals surface area (Å²) in [5, 5.41) is 5.98. The first-order valence-corrected chi connectivity index (χ1v) is 6.83. The molecule has 0 aliphatic heterocycles. The predicted octanol–water partition coefficient (Wildman–Crippen LogP) is 2.59. The SMILES string of the molecule is CCC(NC(=O)CNCC(C)C)Oc1ccccc1.Cl. The van der Waals surface area contributed by atoms with Crippen LogP contribution in [0.25, 0.3) is 0 Å². The van der Waals surface area contributed by atoms with Crippen molar-refractivity contribution in [1.82, 2.24) is 10.6 Å². The summed E-state index contributed by atoms with van der Waals surface area (Å²) >= 11 is 0. The Balaban J connectivity index is 0.00000361. The van der Waals surface area contributed by atoms with E-state index in [1.165, 1.54) is 0 Å². The van der Waals surface area contributed by atoms with Crippen molar-refractivity contribution in [2.45, 2.75) is 33.4 Å². The third kappa shape index (κ3) is 8.02. The minimum Gasteiger partial charge on any atom is -0.471 e. The Hall–Kier alpha value is -1.26. The fourth-order valence-corrected chi connectivity index (χ4v) is 1.58. The van der Waals surface area contributed by atoms with Gasteiger partial charge in [0.25, 0.3) is 0 Å². The molecule has 4 nitrogen and oxygen atoms in total. The van der Waals surface area contributed by atoms with Crippen LogP contribution in [0.1, 0.15) is 27.2 Å². The number of para-hydroxylation sites is 1. The van der Waals surface area contributed by atoms with Crippen LogP contribution in [0.5, 0.6) is 5.75 Å². The van der Waals surface area contributed by atoms with Gasteiger partial charge in [-0.05, 0) is 24.6 Å². The van der Waals surface area contributed by atoms with E-state index in [0.717, 1.165) is 18.7 Å². The summed E-state index contributed by atoms with van der Waals surface area (Å²) in [4.78, 5) is 11.7. The number of nitrogens with one attached hydrogen (secondary N) is 2. The first-order chi connectivity index (χ1) is 9.11. The third-order valence-electron chi connectivity index (χ3n) is 2.55. The molecule has 1 amide bonds. The number of carbonyl (C=O) groups excluding carboxylic acids is 1. The van der Waals surface area contributed by atoms with Crippen LogP contribution in [-0.2, 0) is 4.79 Å². The summed E-state index contributed by atoms with van der Waals surface area (Å²) in [5.74, 6) is 1.27. The lowest BCUT2D eigenvalue weighted by Gasteiger charge is -2.19. The van der Waals surface area contributed by atoms with Gasteiger partial charge < -0.3 is 15.4 Å². The van der Waals surface area contributed by atoms with Gasteiger partial charge in [-0.3, -0.25) is 4.79 Å². The molecule has 0 bridgehead atoms. The van der Waals surface area contributed by atoms with E-state index in [0.29, 0.717) is 12.5 Å². The maximum Gasteiger partial charge on any atom is 0.236 e. The normalized spacial score (nSPS) is 11.6. The highest BCUT2D eigenvalue weighted by Crippen LogP contribution is 2.11. The van der Waals surface area contributed by atoms with Gasteiger partial charge in [0, 0.05) is 6.42 Å². The molecule has 0 spiro atoms. The van der Waals surface area contributed by atoms with Gasteiger partial charge in [0.2, 0.25) is 5.91 Å². The zero-order valence-electron chi connectivity index (χ0n) is 12.4. The highest BCUT2D eigenvalue weighted by molar-refractivity contribution is 5.85. The molecule has 0 fully saturated rings. The monoisotopic (exact) mass is 300 g/mol. The Labute approximate surface area is 127 Å². The molecule has 0 heterocycles. The van der Waals surface area contributed by atoms with Crippen molar-refractivity contribution in [2.75, 3.05) is 13.1 Å². The molecule has 1 rings (SSSR count). The highest BCUT2D eigenvalue weighted by Gasteiger charge is 2.11. The molecule has 5 heteroatoms. The van der Waals surface area contributed by atoms with Crippen LogP contribution in [0.2, 0.25) is 0 Å². The third-order valence-corrected chi connectivity index (χ3v) is 2.55. The highest BCUT2D eigenvalue weighted by atomic mass is 35.5. The molecular weight excluding hydrogens is 276 g/mol. The summed E-state index contributed by atoms with van der Waals surface area (Å²) in [5.41, 5.74) is 0. The minimum atomic E-state index is -0.282. The van der Waals surface area contributed by atoms with E-state index in [2.05, 4.69) is 24.5 Å². The van der Waals surface area contributed by atoms with E-state index in [-0.39, 0.29) is 24.5 Å². The van der Waals surface area contributed by atoms with Crippen molar-refractivity contribution in [1.29, 1.82) is 0 Å². The van der Waals surface area contributed by atoms with Crippen LogP contribution >= 0.6 is 12.4 Å². The fourth-order valence-electron chi connectivity index (χ4n) is 1.58. The zero-order chi connectivity index (χ0) is 14.1. The number of hydrogen-bond donors (Lipinski definition) is 2. The molecule has 1 aromatic rings. The molecule has 0 aromatic heterocycles. The Morgan fingerprint density at radius 3 is 2.45 bits per heavy atom. The van der Waals surface area contributed by atoms with E-state index in [1.807, 2.05) is 37.3 Å². The predicted molar refractivity (Wildman–Crippen MR) is 84.2 cm³/mol. The molecule has 0 aliphatic rings. The van der Waals surface area contributed by atoms with Crippen molar-refractivity contribution >= 4 is 18.3 Å². The molecule has 0 radical (unpaired) electrons. The summed E-state index contributed by atoms with van der Waals surface area (Å²) in [6.07, 6.45) is 0.445. The van der Waals surface area contributed by atoms with Crippen LogP contribution in [0.3, 0.4) is 0 Å². The van der Waals surface area contributed by atoms with E-state index in [1.54, 1.807) is 0 Å². The topological polar surface area (TPSA) is 50.4 Å². The standard InChI is InChI=1S/C15H24N2O2.ClH/c1-4-15(19-13-8-6-5-7-9-13)17-14(18)11-16-10-12(2)3;/h5-9,12,15-16H,4,10-11H2,1-3H3,(H,17,18);1H. The molecule has 0 saturated carbocycles. The number of amides is 1. The second kappa shape index (κ2) is 10.5. The van der Waals surface area contributed by atoms with Crippen LogP contribution in [0, 0.1) is 5.92 Å². The molecular formula is C15H25ClN2O2. The van der Waals surface area contributed by atoms with Crippen LogP contribution in [-0.4, -0.2) is 25.2 Å². The van der Waals surface area contributed by atoms with Crippen molar-refractivity contribution in [2.24, 2.45) is 5.92 Å². The summed E-state index contributed by atoms with van der Waals surface area (Å²) in [6.45, 7) is 7.36. The number of ether oxygens (including phenoxy) is 1. The lowest BCUT2D eigenvalue weighted by Crippen LogP contribution is -2.43. The quantitative estimate of drug-likeness (QED) is 0.726. The van der Waals surface area contributed by atoms with Gasteiger partial charge in [-0.25, -0.2) is 0 Å². The largest absolute Gasteiger partial charge is 0.471 e. The number of carbonyl (C=O) groups is 1. The maximum atomic E-state index is 11.7. The Kier molecular flexibility index (Phi) is 9.86. The van der Waals surface area contributed by atoms with E-state index < -0.39 is 0 Å². The van der Waals surface area contributed by atoms with Crippen molar-refractivity contribution in [3.8, 4) is 5.75 Å². The van der Waals surface area contributed by atoms with Crippen LogP contribution in [0.4, 0.5) is 0 Å². The second-order valence-electron chi connectivity index (χ2n) is 4.92. The Morgan fingerprint density at radius 2 is 1.90 bits per heavy atom. The van der Waals surface area contributed by atoms with Crippen molar-refractivity contribution in [3.63, 3.8) is 0 Å². The van der Waals surface area contributed by atoms with Gasteiger partial charge in [0.05, 0.1) is 6.54 Å². The fraction of sp³-hybridized carbons (Fsp3) is 0.533. The molecule has 0 saturated heterocycles. The average Bonchev–Trinajstić information content (AvgIpc) is 2.38. The van der Waals surface area contributed by atoms with Gasteiger partial charge in [0.15, 0.2) is 6.23 Å². The average molecular weight is 301 g/mol. The van der Waals surface area contributed by atoms with Crippen LogP contribution < -0.4 is 15.4 Å². The van der Waals surface area contributed by atoms with Gasteiger partial charge in [0.1, 0.15) is 5.75 Å². The van der Waals surface area contributed by atoms with Gasteiger partial charge >= 0.3 is 0 Å². The van der Waals surface area contributed by atoms with E-state index in [9.17, 15) is 4.79 Å². The van der Waals surface area contributed by atoms with E-state index >= 15 is 0 Å². The summed E-state index contributed by atoms with van der Waals surface area (Å²) < 4.78 is 5.70. The van der Waals surface area contributed by atoms with Gasteiger partial charge in [-0.15, -0.1) is 12.4 Å². The lowest BCUT2D eigenvalue weighted by molar-refractivity contribution is -0.122. The Morgan fingerprint density at radius 1 is 1.25 bits per heavy atom. The van der Waals surface area contributed by atoms with Crippen LogP contribution in [0.15, 0.2) is 30.3 Å². The van der Waals surface area contributed by atoms with Gasteiger partial charge in [-0.2, -0.15) is 0 Å². The number of halogens is 1. The molecule has 20 heavy (non-hydrogen) atoms. The smallest absolute Gasteiger partial charge is 0.236 e. The zero-order valence-corrected chi connectivity index (χ0v) is 13.2. The summed E-state index contributed by atoms with van der Waals surface area (Å²) in [6, 6.07) is 9.52. The molecule has 1 atom stereocenters. The molecule has 114 valence electrons. The molecule has 2 N–H and O–H groups in total. The van der Waals surface area contributed by atoms with E-state index in [4.69, 9.17) is 4.74 Å². The Bertz CT molecular complexity index is 371. The number of benzene rings is 1. The first-order valence-electron chi connectivity index (χ1n) is 6.83. The second-order valence-corrected chi connectivity index (χ2v) is 4.92. The molecule has 1 aromatic carbocycles.